The lowest BCUT2D eigenvalue weighted by atomic mass is 10.1. The molecule has 1 saturated heterocycles. The summed E-state index contributed by atoms with van der Waals surface area (Å²) in [5.74, 6) is 0.0892. The topological polar surface area (TPSA) is 63.6 Å². The van der Waals surface area contributed by atoms with Crippen LogP contribution < -0.4 is 15.0 Å². The molecule has 3 aromatic carbocycles. The number of aromatic nitrogens is 1. The number of rotatable bonds is 5. The minimum Gasteiger partial charge on any atom is -0.497 e. The fourth-order valence-electron chi connectivity index (χ4n) is 4.63. The van der Waals surface area contributed by atoms with Crippen molar-refractivity contribution in [2.45, 2.75) is 19.9 Å². The molecule has 162 valence electrons. The van der Waals surface area contributed by atoms with Crippen LogP contribution in [0.2, 0.25) is 0 Å². The number of hydrogen-bond donors (Lipinski definition) is 1. The molecular formula is C26H25N3O3. The summed E-state index contributed by atoms with van der Waals surface area (Å²) >= 11 is 0. The summed E-state index contributed by atoms with van der Waals surface area (Å²) in [6.07, 6.45) is 0.195. The number of carbonyl (C=O) groups excluding carboxylic acids is 2. The molecule has 2 heterocycles. The Labute approximate surface area is 186 Å². The van der Waals surface area contributed by atoms with E-state index in [-0.39, 0.29) is 18.2 Å². The van der Waals surface area contributed by atoms with Crippen LogP contribution in [0.1, 0.15) is 13.3 Å². The second-order valence-electron chi connectivity index (χ2n) is 8.09. The van der Waals surface area contributed by atoms with Crippen LogP contribution in [0.4, 0.5) is 11.4 Å². The lowest BCUT2D eigenvalue weighted by molar-refractivity contribution is -0.122. The van der Waals surface area contributed by atoms with Crippen molar-refractivity contribution in [2.24, 2.45) is 5.92 Å². The van der Waals surface area contributed by atoms with E-state index < -0.39 is 5.92 Å². The van der Waals surface area contributed by atoms with Gasteiger partial charge in [0.25, 0.3) is 0 Å². The average Bonchev–Trinajstić information content (AvgIpc) is 3.37. The number of anilines is 2. The number of amides is 2. The molecule has 32 heavy (non-hydrogen) atoms. The summed E-state index contributed by atoms with van der Waals surface area (Å²) in [7, 11) is 1.59. The van der Waals surface area contributed by atoms with Gasteiger partial charge in [-0.15, -0.1) is 0 Å². The Bertz CT molecular complexity index is 1340. The highest BCUT2D eigenvalue weighted by molar-refractivity contribution is 6.10. The smallest absolute Gasteiger partial charge is 0.229 e. The van der Waals surface area contributed by atoms with E-state index in [0.717, 1.165) is 28.8 Å². The number of para-hydroxylation sites is 1. The van der Waals surface area contributed by atoms with Crippen molar-refractivity contribution in [3.05, 3.63) is 66.7 Å². The highest BCUT2D eigenvalue weighted by Gasteiger charge is 2.35. The third kappa shape index (κ3) is 3.38. The predicted octanol–water partition coefficient (Wildman–Crippen LogP) is 4.81. The first kappa shape index (κ1) is 20.1. The minimum atomic E-state index is -0.401. The molecule has 0 bridgehead atoms. The zero-order valence-corrected chi connectivity index (χ0v) is 18.2. The SMILES string of the molecule is CCn1c2ccccc2c2cc(NC(=O)C3CC(=O)N(c4cccc(OC)c4)C3)ccc21. The van der Waals surface area contributed by atoms with Gasteiger partial charge in [0, 0.05) is 58.8 Å². The Morgan fingerprint density at radius 3 is 2.66 bits per heavy atom. The quantitative estimate of drug-likeness (QED) is 0.497. The van der Waals surface area contributed by atoms with Gasteiger partial charge in [-0.2, -0.15) is 0 Å². The van der Waals surface area contributed by atoms with Crippen molar-refractivity contribution in [3.63, 3.8) is 0 Å². The van der Waals surface area contributed by atoms with Gasteiger partial charge in [0.1, 0.15) is 5.75 Å². The van der Waals surface area contributed by atoms with E-state index in [9.17, 15) is 9.59 Å². The average molecular weight is 428 g/mol. The molecule has 1 N–H and O–H groups in total. The van der Waals surface area contributed by atoms with E-state index >= 15 is 0 Å². The van der Waals surface area contributed by atoms with Gasteiger partial charge >= 0.3 is 0 Å². The fourth-order valence-corrected chi connectivity index (χ4v) is 4.63. The van der Waals surface area contributed by atoms with Crippen molar-refractivity contribution in [3.8, 4) is 5.75 Å². The maximum absolute atomic E-state index is 13.0. The molecule has 0 spiro atoms. The largest absolute Gasteiger partial charge is 0.497 e. The van der Waals surface area contributed by atoms with E-state index in [1.807, 2.05) is 48.5 Å². The lowest BCUT2D eigenvalue weighted by Crippen LogP contribution is -2.28. The molecule has 4 aromatic rings. The van der Waals surface area contributed by atoms with Crippen molar-refractivity contribution in [1.29, 1.82) is 0 Å². The van der Waals surface area contributed by atoms with Gasteiger partial charge in [-0.05, 0) is 43.3 Å². The van der Waals surface area contributed by atoms with Crippen LogP contribution in [0.3, 0.4) is 0 Å². The van der Waals surface area contributed by atoms with Gasteiger partial charge in [-0.1, -0.05) is 24.3 Å². The third-order valence-electron chi connectivity index (χ3n) is 6.22. The first-order valence-electron chi connectivity index (χ1n) is 10.9. The standard InChI is InChI=1S/C26H25N3O3/c1-3-28-23-10-5-4-9-21(23)22-14-18(11-12-24(22)28)27-26(31)17-13-25(30)29(16-17)19-7-6-8-20(15-19)32-2/h4-12,14-15,17H,3,13,16H2,1-2H3,(H,27,31). The van der Waals surface area contributed by atoms with E-state index in [1.165, 1.54) is 10.9 Å². The first-order chi connectivity index (χ1) is 15.6. The van der Waals surface area contributed by atoms with Crippen molar-refractivity contribution in [1.82, 2.24) is 4.57 Å². The number of methoxy groups -OCH3 is 1. The van der Waals surface area contributed by atoms with Gasteiger partial charge in [-0.25, -0.2) is 0 Å². The van der Waals surface area contributed by atoms with Crippen LogP contribution in [0.25, 0.3) is 21.8 Å². The molecule has 1 aromatic heterocycles. The normalized spacial score (nSPS) is 16.1. The molecule has 1 fully saturated rings. The molecule has 1 aliphatic heterocycles. The number of aryl methyl sites for hydroxylation is 1. The second-order valence-corrected chi connectivity index (χ2v) is 8.09. The minimum absolute atomic E-state index is 0.0557. The van der Waals surface area contributed by atoms with E-state index in [0.29, 0.717) is 12.3 Å². The molecular weight excluding hydrogens is 402 g/mol. The zero-order valence-electron chi connectivity index (χ0n) is 18.2. The maximum Gasteiger partial charge on any atom is 0.229 e. The van der Waals surface area contributed by atoms with Crippen LogP contribution in [-0.2, 0) is 16.1 Å². The Hall–Kier alpha value is -3.80. The van der Waals surface area contributed by atoms with Gasteiger partial charge in [-0.3, -0.25) is 9.59 Å². The van der Waals surface area contributed by atoms with Gasteiger partial charge in [0.2, 0.25) is 11.8 Å². The Kier molecular flexibility index (Phi) is 5.05. The van der Waals surface area contributed by atoms with Crippen molar-refractivity contribution < 1.29 is 14.3 Å². The van der Waals surface area contributed by atoms with Gasteiger partial charge in [0.15, 0.2) is 0 Å². The third-order valence-corrected chi connectivity index (χ3v) is 6.22. The molecule has 6 nitrogen and oxygen atoms in total. The maximum atomic E-state index is 13.0. The summed E-state index contributed by atoms with van der Waals surface area (Å²) in [5.41, 5.74) is 3.82. The number of benzene rings is 3. The molecule has 0 saturated carbocycles. The Balaban J connectivity index is 1.38. The summed E-state index contributed by atoms with van der Waals surface area (Å²) < 4.78 is 7.54. The number of hydrogen-bond acceptors (Lipinski definition) is 3. The van der Waals surface area contributed by atoms with Crippen molar-refractivity contribution >= 4 is 45.0 Å². The van der Waals surface area contributed by atoms with Crippen LogP contribution >= 0.6 is 0 Å². The van der Waals surface area contributed by atoms with E-state index in [2.05, 4.69) is 35.0 Å². The van der Waals surface area contributed by atoms with Crippen molar-refractivity contribution in [2.75, 3.05) is 23.9 Å². The number of fused-ring (bicyclic) bond motifs is 3. The molecule has 0 radical (unpaired) electrons. The molecule has 1 atom stereocenters. The summed E-state index contributed by atoms with van der Waals surface area (Å²) in [4.78, 5) is 27.3. The lowest BCUT2D eigenvalue weighted by Gasteiger charge is -2.17. The number of nitrogens with zero attached hydrogens (tertiary/aromatic N) is 2. The number of carbonyl (C=O) groups is 2. The van der Waals surface area contributed by atoms with E-state index in [4.69, 9.17) is 4.74 Å². The Morgan fingerprint density at radius 1 is 1.03 bits per heavy atom. The van der Waals surface area contributed by atoms with Gasteiger partial charge in [0.05, 0.1) is 13.0 Å². The van der Waals surface area contributed by atoms with Crippen LogP contribution in [0.5, 0.6) is 5.75 Å². The highest BCUT2D eigenvalue weighted by atomic mass is 16.5. The van der Waals surface area contributed by atoms with Crippen LogP contribution in [0.15, 0.2) is 66.7 Å². The number of nitrogens with one attached hydrogen (secondary N) is 1. The van der Waals surface area contributed by atoms with Crippen LogP contribution in [-0.4, -0.2) is 30.0 Å². The van der Waals surface area contributed by atoms with Crippen LogP contribution in [0, 0.1) is 5.92 Å². The number of ether oxygens (including phenoxy) is 1. The molecule has 1 unspecified atom stereocenters. The van der Waals surface area contributed by atoms with Gasteiger partial charge < -0.3 is 19.5 Å². The fraction of sp³-hybridized carbons (Fsp3) is 0.231. The first-order valence-corrected chi connectivity index (χ1v) is 10.9. The zero-order chi connectivity index (χ0) is 22.2. The molecule has 6 heteroatoms. The second kappa shape index (κ2) is 8.04. The predicted molar refractivity (Wildman–Crippen MR) is 127 cm³/mol. The monoisotopic (exact) mass is 427 g/mol. The highest BCUT2D eigenvalue weighted by Crippen LogP contribution is 2.32. The summed E-state index contributed by atoms with van der Waals surface area (Å²) in [5, 5.41) is 5.31. The Morgan fingerprint density at radius 2 is 1.84 bits per heavy atom. The van der Waals surface area contributed by atoms with E-state index in [1.54, 1.807) is 12.0 Å². The summed E-state index contributed by atoms with van der Waals surface area (Å²) in [6, 6.07) is 21.7. The molecule has 2 amide bonds. The summed E-state index contributed by atoms with van der Waals surface area (Å²) in [6.45, 7) is 3.36. The molecule has 1 aliphatic rings. The molecule has 5 rings (SSSR count). The molecule has 0 aliphatic carbocycles.